The Balaban J connectivity index is 1.95. The molecule has 0 aliphatic rings. The first-order valence-corrected chi connectivity index (χ1v) is 6.71. The standard InChI is InChI=1S/C13H10ClFN2OS/c14-11-4-1-5-12(15)10(11)7-13(18)17-16-8-9-3-2-6-19-9/h1-6,8H,7H2,(H,17,18)/b16-8+. The highest BCUT2D eigenvalue weighted by Crippen LogP contribution is 2.19. The van der Waals surface area contributed by atoms with Gasteiger partial charge in [-0.25, -0.2) is 9.82 Å². The Morgan fingerprint density at radius 3 is 2.95 bits per heavy atom. The summed E-state index contributed by atoms with van der Waals surface area (Å²) in [6, 6.07) is 8.06. The number of carbonyl (C=O) groups excluding carboxylic acids is 1. The van der Waals surface area contributed by atoms with Crippen LogP contribution in [0.3, 0.4) is 0 Å². The maximum Gasteiger partial charge on any atom is 0.244 e. The van der Waals surface area contributed by atoms with Gasteiger partial charge in [-0.2, -0.15) is 5.10 Å². The molecule has 0 bridgehead atoms. The second-order valence-electron chi connectivity index (χ2n) is 3.69. The minimum atomic E-state index is -0.495. The van der Waals surface area contributed by atoms with E-state index in [2.05, 4.69) is 10.5 Å². The molecule has 19 heavy (non-hydrogen) atoms. The van der Waals surface area contributed by atoms with E-state index in [1.54, 1.807) is 6.07 Å². The number of hydrazone groups is 1. The van der Waals surface area contributed by atoms with Crippen molar-refractivity contribution < 1.29 is 9.18 Å². The molecular formula is C13H10ClFN2OS. The number of benzene rings is 1. The summed E-state index contributed by atoms with van der Waals surface area (Å²) in [5.74, 6) is -0.912. The van der Waals surface area contributed by atoms with Crippen molar-refractivity contribution in [2.24, 2.45) is 5.10 Å². The summed E-state index contributed by atoms with van der Waals surface area (Å²) in [5, 5.41) is 5.93. The van der Waals surface area contributed by atoms with Crippen molar-refractivity contribution >= 4 is 35.1 Å². The maximum absolute atomic E-state index is 13.5. The number of amides is 1. The molecule has 0 unspecified atom stereocenters. The summed E-state index contributed by atoms with van der Waals surface area (Å²) in [5.41, 5.74) is 2.51. The van der Waals surface area contributed by atoms with Crippen molar-refractivity contribution in [2.45, 2.75) is 6.42 Å². The predicted octanol–water partition coefficient (Wildman–Crippen LogP) is 3.23. The third kappa shape index (κ3) is 3.87. The van der Waals surface area contributed by atoms with E-state index in [4.69, 9.17) is 11.6 Å². The molecule has 3 nitrogen and oxygen atoms in total. The molecule has 98 valence electrons. The van der Waals surface area contributed by atoms with Gasteiger partial charge in [0.25, 0.3) is 0 Å². The number of nitrogens with zero attached hydrogens (tertiary/aromatic N) is 1. The Kier molecular flexibility index (Phi) is 4.65. The van der Waals surface area contributed by atoms with E-state index in [9.17, 15) is 9.18 Å². The summed E-state index contributed by atoms with van der Waals surface area (Å²) in [7, 11) is 0. The lowest BCUT2D eigenvalue weighted by molar-refractivity contribution is -0.120. The summed E-state index contributed by atoms with van der Waals surface area (Å²) < 4.78 is 13.5. The molecule has 0 aliphatic carbocycles. The second-order valence-corrected chi connectivity index (χ2v) is 5.07. The molecule has 1 heterocycles. The van der Waals surface area contributed by atoms with Crippen LogP contribution < -0.4 is 5.43 Å². The largest absolute Gasteiger partial charge is 0.273 e. The fourth-order valence-corrected chi connectivity index (χ4v) is 2.25. The molecule has 2 rings (SSSR count). The SMILES string of the molecule is O=C(Cc1c(F)cccc1Cl)N/N=C/c1cccs1. The second kappa shape index (κ2) is 6.45. The van der Waals surface area contributed by atoms with Crippen LogP contribution in [0.1, 0.15) is 10.4 Å². The van der Waals surface area contributed by atoms with E-state index in [1.807, 2.05) is 17.5 Å². The average Bonchev–Trinajstić information content (AvgIpc) is 2.87. The van der Waals surface area contributed by atoms with Gasteiger partial charge in [0.15, 0.2) is 0 Å². The number of rotatable bonds is 4. The van der Waals surface area contributed by atoms with Gasteiger partial charge in [-0.1, -0.05) is 23.7 Å². The monoisotopic (exact) mass is 296 g/mol. The van der Waals surface area contributed by atoms with E-state index in [0.29, 0.717) is 0 Å². The smallest absolute Gasteiger partial charge is 0.244 e. The van der Waals surface area contributed by atoms with Crippen molar-refractivity contribution in [1.29, 1.82) is 0 Å². The van der Waals surface area contributed by atoms with Crippen LogP contribution in [-0.2, 0) is 11.2 Å². The number of halogens is 2. The quantitative estimate of drug-likeness (QED) is 0.683. The Morgan fingerprint density at radius 1 is 1.42 bits per heavy atom. The van der Waals surface area contributed by atoms with Crippen LogP contribution >= 0.6 is 22.9 Å². The van der Waals surface area contributed by atoms with E-state index in [-0.39, 0.29) is 17.0 Å². The molecule has 0 saturated heterocycles. The van der Waals surface area contributed by atoms with Gasteiger partial charge in [0.2, 0.25) is 5.91 Å². The van der Waals surface area contributed by atoms with Crippen LogP contribution in [0, 0.1) is 5.82 Å². The highest BCUT2D eigenvalue weighted by molar-refractivity contribution is 7.11. The molecule has 0 aliphatic heterocycles. The number of carbonyl (C=O) groups is 1. The van der Waals surface area contributed by atoms with Gasteiger partial charge >= 0.3 is 0 Å². The molecule has 0 radical (unpaired) electrons. The Labute approximate surface area is 118 Å². The van der Waals surface area contributed by atoms with E-state index >= 15 is 0 Å². The third-order valence-electron chi connectivity index (χ3n) is 2.32. The van der Waals surface area contributed by atoms with Crippen LogP contribution in [-0.4, -0.2) is 12.1 Å². The molecule has 1 amide bonds. The topological polar surface area (TPSA) is 41.5 Å². The molecule has 0 fully saturated rings. The Morgan fingerprint density at radius 2 is 2.26 bits per heavy atom. The fraction of sp³-hybridized carbons (Fsp3) is 0.0769. The maximum atomic E-state index is 13.5. The molecule has 6 heteroatoms. The minimum Gasteiger partial charge on any atom is -0.273 e. The van der Waals surface area contributed by atoms with Gasteiger partial charge < -0.3 is 0 Å². The molecule has 1 aromatic carbocycles. The first-order chi connectivity index (χ1) is 9.16. The first-order valence-electron chi connectivity index (χ1n) is 5.45. The predicted molar refractivity (Wildman–Crippen MR) is 75.2 cm³/mol. The summed E-state index contributed by atoms with van der Waals surface area (Å²) in [6.45, 7) is 0. The fourth-order valence-electron chi connectivity index (χ4n) is 1.43. The lowest BCUT2D eigenvalue weighted by Crippen LogP contribution is -2.20. The van der Waals surface area contributed by atoms with Crippen molar-refractivity contribution in [3.05, 3.63) is 57.0 Å². The van der Waals surface area contributed by atoms with Crippen LogP contribution in [0.15, 0.2) is 40.8 Å². The van der Waals surface area contributed by atoms with Gasteiger partial charge in [0, 0.05) is 15.5 Å². The van der Waals surface area contributed by atoms with Gasteiger partial charge in [-0.15, -0.1) is 11.3 Å². The lowest BCUT2D eigenvalue weighted by atomic mass is 10.1. The van der Waals surface area contributed by atoms with E-state index < -0.39 is 11.7 Å². The van der Waals surface area contributed by atoms with Gasteiger partial charge in [0.05, 0.1) is 12.6 Å². The average molecular weight is 297 g/mol. The number of hydrogen-bond donors (Lipinski definition) is 1. The van der Waals surface area contributed by atoms with Crippen LogP contribution in [0.25, 0.3) is 0 Å². The van der Waals surface area contributed by atoms with Crippen molar-refractivity contribution in [3.8, 4) is 0 Å². The lowest BCUT2D eigenvalue weighted by Gasteiger charge is -2.04. The zero-order valence-corrected chi connectivity index (χ0v) is 11.3. The zero-order chi connectivity index (χ0) is 13.7. The number of thiophene rings is 1. The molecule has 0 saturated carbocycles. The molecular weight excluding hydrogens is 287 g/mol. The Hall–Kier alpha value is -1.72. The highest BCUT2D eigenvalue weighted by Gasteiger charge is 2.11. The molecule has 1 N–H and O–H groups in total. The van der Waals surface area contributed by atoms with Crippen LogP contribution in [0.2, 0.25) is 5.02 Å². The third-order valence-corrected chi connectivity index (χ3v) is 3.48. The van der Waals surface area contributed by atoms with Crippen LogP contribution in [0.5, 0.6) is 0 Å². The minimum absolute atomic E-state index is 0.146. The molecule has 0 atom stereocenters. The normalized spacial score (nSPS) is 10.8. The first kappa shape index (κ1) is 13.7. The van der Waals surface area contributed by atoms with E-state index in [1.165, 1.54) is 29.7 Å². The highest BCUT2D eigenvalue weighted by atomic mass is 35.5. The summed E-state index contributed by atoms with van der Waals surface area (Å²) >= 11 is 7.33. The number of hydrogen-bond acceptors (Lipinski definition) is 3. The van der Waals surface area contributed by atoms with Crippen molar-refractivity contribution in [3.63, 3.8) is 0 Å². The van der Waals surface area contributed by atoms with E-state index in [0.717, 1.165) is 4.88 Å². The van der Waals surface area contributed by atoms with Crippen molar-refractivity contribution in [1.82, 2.24) is 5.43 Å². The number of nitrogens with one attached hydrogen (secondary N) is 1. The van der Waals surface area contributed by atoms with Crippen LogP contribution in [0.4, 0.5) is 4.39 Å². The Bertz CT molecular complexity index is 578. The summed E-state index contributed by atoms with van der Waals surface area (Å²) in [6.07, 6.45) is 1.39. The molecule has 1 aromatic heterocycles. The summed E-state index contributed by atoms with van der Waals surface area (Å²) in [4.78, 5) is 12.5. The van der Waals surface area contributed by atoms with Gasteiger partial charge in [-0.05, 0) is 23.6 Å². The molecule has 2 aromatic rings. The van der Waals surface area contributed by atoms with Gasteiger partial charge in [-0.3, -0.25) is 4.79 Å². The molecule has 0 spiro atoms. The zero-order valence-electron chi connectivity index (χ0n) is 9.77. The van der Waals surface area contributed by atoms with Crippen molar-refractivity contribution in [2.75, 3.05) is 0 Å². The van der Waals surface area contributed by atoms with Gasteiger partial charge in [0.1, 0.15) is 5.82 Å².